The van der Waals surface area contributed by atoms with Crippen molar-refractivity contribution >= 4 is 16.9 Å². The monoisotopic (exact) mass is 397 g/mol. The summed E-state index contributed by atoms with van der Waals surface area (Å²) in [5.74, 6) is 0. The highest BCUT2D eigenvalue weighted by Crippen LogP contribution is 2.25. The van der Waals surface area contributed by atoms with E-state index in [1.54, 1.807) is 0 Å². The highest BCUT2D eigenvalue weighted by Gasteiger charge is 2.28. The molecule has 0 heterocycles. The quantitative estimate of drug-likeness (QED) is 0.109. The van der Waals surface area contributed by atoms with Crippen LogP contribution in [0.25, 0.3) is 10.4 Å². The van der Waals surface area contributed by atoms with Gasteiger partial charge in [0.2, 0.25) is 5.06 Å². The number of thioether (sulfide) groups is 1. The molecule has 0 aliphatic rings. The Hall–Kier alpha value is -0.950. The second-order valence-electron chi connectivity index (χ2n) is 4.75. The van der Waals surface area contributed by atoms with E-state index in [0.29, 0.717) is 58.0 Å². The van der Waals surface area contributed by atoms with E-state index < -0.39 is 10.2 Å². The second-order valence-corrected chi connectivity index (χ2v) is 6.18. The fourth-order valence-electron chi connectivity index (χ4n) is 1.53. The summed E-state index contributed by atoms with van der Waals surface area (Å²) < 4.78 is 26.0. The number of aliphatic hydroxyl groups excluding tert-OH is 1. The lowest BCUT2D eigenvalue weighted by atomic mass is 10.6. The standard InChI is InChI=1S/C14H27N3O8S/c1-13(19)26-14(20,16-17-15)12-25-11-10-24-9-8-23-7-6-22-5-4-21-3-2-18/h18,20H,2-12H2,1H3. The van der Waals surface area contributed by atoms with Gasteiger partial charge in [-0.15, -0.1) is 0 Å². The summed E-state index contributed by atoms with van der Waals surface area (Å²) in [6.45, 7) is 4.18. The lowest BCUT2D eigenvalue weighted by Crippen LogP contribution is -2.29. The molecule has 0 radical (unpaired) electrons. The van der Waals surface area contributed by atoms with Crippen molar-refractivity contribution < 1.29 is 38.7 Å². The molecule has 0 saturated heterocycles. The minimum atomic E-state index is -1.95. The van der Waals surface area contributed by atoms with Gasteiger partial charge < -0.3 is 33.9 Å². The Labute approximate surface area is 156 Å². The van der Waals surface area contributed by atoms with Crippen molar-refractivity contribution in [3.05, 3.63) is 10.4 Å². The second kappa shape index (κ2) is 17.5. The van der Waals surface area contributed by atoms with Crippen LogP contribution in [0.15, 0.2) is 5.11 Å². The molecule has 12 heteroatoms. The predicted octanol–water partition coefficient (Wildman–Crippen LogP) is 0.298. The fraction of sp³-hybridized carbons (Fsp3) is 0.929. The number of rotatable bonds is 18. The Morgan fingerprint density at radius 3 is 1.77 bits per heavy atom. The van der Waals surface area contributed by atoms with Crippen molar-refractivity contribution in [2.24, 2.45) is 5.11 Å². The minimum Gasteiger partial charge on any atom is -0.394 e. The van der Waals surface area contributed by atoms with Gasteiger partial charge in [0.05, 0.1) is 72.7 Å². The summed E-state index contributed by atoms with van der Waals surface area (Å²) in [7, 11) is 0. The number of azide groups is 1. The summed E-state index contributed by atoms with van der Waals surface area (Å²) in [4.78, 5) is 13.5. The molecule has 2 N–H and O–H groups in total. The van der Waals surface area contributed by atoms with Crippen LogP contribution in [0.4, 0.5) is 0 Å². The van der Waals surface area contributed by atoms with E-state index >= 15 is 0 Å². The first-order valence-corrected chi connectivity index (χ1v) is 8.83. The molecular weight excluding hydrogens is 370 g/mol. The lowest BCUT2D eigenvalue weighted by molar-refractivity contribution is -0.109. The van der Waals surface area contributed by atoms with Crippen LogP contribution >= 0.6 is 11.8 Å². The van der Waals surface area contributed by atoms with Crippen LogP contribution in [0.3, 0.4) is 0 Å². The summed E-state index contributed by atoms with van der Waals surface area (Å²) >= 11 is 0.493. The third-order valence-corrected chi connectivity index (χ3v) is 3.34. The number of hydrogen-bond donors (Lipinski definition) is 2. The van der Waals surface area contributed by atoms with Gasteiger partial charge in [0.1, 0.15) is 0 Å². The molecule has 0 rings (SSSR count). The Kier molecular flexibility index (Phi) is 16.8. The smallest absolute Gasteiger partial charge is 0.220 e. The first kappa shape index (κ1) is 25.1. The summed E-state index contributed by atoms with van der Waals surface area (Å²) in [5, 5.41) is 19.2. The Bertz CT molecular complexity index is 412. The number of carbonyl (C=O) groups is 1. The SMILES string of the molecule is CC(=O)SC(O)(COCCOCCOCCOCCOCCO)N=[N+]=[N-]. The highest BCUT2D eigenvalue weighted by atomic mass is 32.2. The molecule has 152 valence electrons. The first-order chi connectivity index (χ1) is 12.5. The molecule has 0 aromatic heterocycles. The van der Waals surface area contributed by atoms with Gasteiger partial charge in [-0.3, -0.25) is 4.79 Å². The van der Waals surface area contributed by atoms with Crippen molar-refractivity contribution in [2.45, 2.75) is 12.0 Å². The van der Waals surface area contributed by atoms with Gasteiger partial charge >= 0.3 is 0 Å². The number of hydrogen-bond acceptors (Lipinski definition) is 10. The fourth-order valence-corrected chi connectivity index (χ4v) is 2.21. The maximum absolute atomic E-state index is 11.0. The van der Waals surface area contributed by atoms with Crippen molar-refractivity contribution in [3.63, 3.8) is 0 Å². The van der Waals surface area contributed by atoms with Gasteiger partial charge in [0.15, 0.2) is 5.12 Å². The zero-order valence-corrected chi connectivity index (χ0v) is 15.7. The highest BCUT2D eigenvalue weighted by molar-refractivity contribution is 8.14. The summed E-state index contributed by atoms with van der Waals surface area (Å²) in [6.07, 6.45) is 0. The van der Waals surface area contributed by atoms with Gasteiger partial charge in [-0.2, -0.15) is 0 Å². The maximum Gasteiger partial charge on any atom is 0.220 e. The number of nitrogens with zero attached hydrogens (tertiary/aromatic N) is 3. The van der Waals surface area contributed by atoms with Crippen LogP contribution in [-0.4, -0.2) is 93.1 Å². The molecular formula is C14H27N3O8S. The predicted molar refractivity (Wildman–Crippen MR) is 93.5 cm³/mol. The molecule has 11 nitrogen and oxygen atoms in total. The molecule has 0 saturated carbocycles. The Morgan fingerprint density at radius 1 is 0.962 bits per heavy atom. The third kappa shape index (κ3) is 16.5. The molecule has 0 aromatic carbocycles. The number of carbonyl (C=O) groups excluding carboxylic acids is 1. The van der Waals surface area contributed by atoms with Crippen LogP contribution in [-0.2, 0) is 28.5 Å². The molecule has 0 bridgehead atoms. The van der Waals surface area contributed by atoms with Crippen molar-refractivity contribution in [3.8, 4) is 0 Å². The maximum atomic E-state index is 11.0. The molecule has 1 unspecified atom stereocenters. The summed E-state index contributed by atoms with van der Waals surface area (Å²) in [5.41, 5.74) is 8.40. The van der Waals surface area contributed by atoms with Gasteiger partial charge in [0.25, 0.3) is 0 Å². The van der Waals surface area contributed by atoms with Crippen LogP contribution in [0.5, 0.6) is 0 Å². The van der Waals surface area contributed by atoms with Gasteiger partial charge in [-0.1, -0.05) is 0 Å². The van der Waals surface area contributed by atoms with Crippen LogP contribution < -0.4 is 0 Å². The zero-order chi connectivity index (χ0) is 19.5. The number of aliphatic hydroxyl groups is 2. The molecule has 0 aromatic rings. The van der Waals surface area contributed by atoms with Crippen molar-refractivity contribution in [2.75, 3.05) is 72.7 Å². The molecule has 1 atom stereocenters. The van der Waals surface area contributed by atoms with Crippen LogP contribution in [0.2, 0.25) is 0 Å². The van der Waals surface area contributed by atoms with Gasteiger partial charge in [0, 0.05) is 11.8 Å². The van der Waals surface area contributed by atoms with E-state index in [4.69, 9.17) is 34.3 Å². The topological polar surface area (TPSA) is 152 Å². The van der Waals surface area contributed by atoms with Crippen molar-refractivity contribution in [1.82, 2.24) is 0 Å². The van der Waals surface area contributed by atoms with E-state index in [2.05, 4.69) is 10.0 Å². The van der Waals surface area contributed by atoms with Gasteiger partial charge in [-0.05, 0) is 22.4 Å². The average molecular weight is 397 g/mol. The molecule has 0 amide bonds. The first-order valence-electron chi connectivity index (χ1n) is 8.02. The normalized spacial score (nSPS) is 13.2. The number of ether oxygens (including phenoxy) is 5. The van der Waals surface area contributed by atoms with E-state index in [1.807, 2.05) is 0 Å². The molecule has 0 aliphatic heterocycles. The Balaban J connectivity index is 3.42. The van der Waals surface area contributed by atoms with Crippen LogP contribution in [0.1, 0.15) is 6.92 Å². The summed E-state index contributed by atoms with van der Waals surface area (Å²) in [6, 6.07) is 0. The minimum absolute atomic E-state index is 0.000204. The van der Waals surface area contributed by atoms with E-state index in [-0.39, 0.29) is 26.4 Å². The van der Waals surface area contributed by atoms with Gasteiger partial charge in [-0.25, -0.2) is 0 Å². The molecule has 0 fully saturated rings. The average Bonchev–Trinajstić information content (AvgIpc) is 2.58. The molecule has 26 heavy (non-hydrogen) atoms. The zero-order valence-electron chi connectivity index (χ0n) is 14.9. The van der Waals surface area contributed by atoms with Crippen molar-refractivity contribution in [1.29, 1.82) is 0 Å². The van der Waals surface area contributed by atoms with E-state index in [0.717, 1.165) is 0 Å². The third-order valence-electron chi connectivity index (χ3n) is 2.52. The lowest BCUT2D eigenvalue weighted by Gasteiger charge is -2.19. The largest absolute Gasteiger partial charge is 0.394 e. The molecule has 0 spiro atoms. The van der Waals surface area contributed by atoms with Crippen LogP contribution in [0, 0.1) is 0 Å². The Morgan fingerprint density at radius 2 is 1.38 bits per heavy atom. The van der Waals surface area contributed by atoms with E-state index in [9.17, 15) is 9.90 Å². The molecule has 0 aliphatic carbocycles. The van der Waals surface area contributed by atoms with E-state index in [1.165, 1.54) is 6.92 Å².